The first-order valence-corrected chi connectivity index (χ1v) is 6.41. The monoisotopic (exact) mass is 294 g/mol. The van der Waals surface area contributed by atoms with Crippen molar-refractivity contribution in [2.75, 3.05) is 0 Å². The van der Waals surface area contributed by atoms with Crippen LogP contribution in [0.1, 0.15) is 23.7 Å². The number of nitrogens with one attached hydrogen (secondary N) is 3. The third-order valence-corrected chi connectivity index (χ3v) is 3.48. The van der Waals surface area contributed by atoms with Crippen LogP contribution in [0.2, 0.25) is 0 Å². The fourth-order valence-electron chi connectivity index (χ4n) is 2.29. The predicted molar refractivity (Wildman–Crippen MR) is 68.3 cm³/mol. The first-order valence-electron chi connectivity index (χ1n) is 6.41. The van der Waals surface area contributed by atoms with Crippen LogP contribution in [0.15, 0.2) is 23.0 Å². The Morgan fingerprint density at radius 2 is 2.19 bits per heavy atom. The van der Waals surface area contributed by atoms with Crippen LogP contribution >= 0.6 is 0 Å². The molecule has 1 aromatic carbocycles. The number of H-pyrrole nitrogens is 2. The third-order valence-electron chi connectivity index (χ3n) is 3.48. The average Bonchev–Trinajstić information content (AvgIpc) is 3.15. The van der Waals surface area contributed by atoms with Gasteiger partial charge in [-0.15, -0.1) is 0 Å². The lowest BCUT2D eigenvalue weighted by Crippen LogP contribution is -2.25. The molecule has 0 radical (unpaired) electrons. The minimum Gasteiger partial charge on any atom is -0.349 e. The summed E-state index contributed by atoms with van der Waals surface area (Å²) >= 11 is 0. The minimum atomic E-state index is -0.910. The van der Waals surface area contributed by atoms with Gasteiger partial charge in [-0.2, -0.15) is 5.10 Å². The zero-order chi connectivity index (χ0) is 15.0. The zero-order valence-corrected chi connectivity index (χ0v) is 10.8. The second kappa shape index (κ2) is 5.12. The second-order valence-electron chi connectivity index (χ2n) is 4.96. The van der Waals surface area contributed by atoms with E-state index < -0.39 is 17.3 Å². The van der Waals surface area contributed by atoms with Gasteiger partial charge in [-0.25, -0.2) is 18.7 Å². The molecule has 1 amide bonds. The maximum absolute atomic E-state index is 13.1. The van der Waals surface area contributed by atoms with E-state index in [9.17, 15) is 18.4 Å². The van der Waals surface area contributed by atoms with Crippen LogP contribution in [0.4, 0.5) is 8.78 Å². The van der Waals surface area contributed by atoms with Crippen LogP contribution in [-0.2, 0) is 11.3 Å². The number of halogens is 2. The molecule has 3 rings (SSSR count). The van der Waals surface area contributed by atoms with Crippen LogP contribution < -0.4 is 11.0 Å². The van der Waals surface area contributed by atoms with E-state index in [1.165, 1.54) is 6.07 Å². The van der Waals surface area contributed by atoms with Crippen molar-refractivity contribution in [1.29, 1.82) is 0 Å². The molecule has 0 saturated heterocycles. The lowest BCUT2D eigenvalue weighted by molar-refractivity contribution is -0.122. The molecule has 0 bridgehead atoms. The molecule has 1 heterocycles. The first kappa shape index (κ1) is 13.5. The summed E-state index contributed by atoms with van der Waals surface area (Å²) in [6, 6.07) is 3.67. The molecular formula is C13H12F2N4O2. The molecule has 21 heavy (non-hydrogen) atoms. The van der Waals surface area contributed by atoms with Gasteiger partial charge < -0.3 is 5.32 Å². The highest BCUT2D eigenvalue weighted by Crippen LogP contribution is 2.47. The summed E-state index contributed by atoms with van der Waals surface area (Å²) in [5.74, 6) is -2.04. The first-order chi connectivity index (χ1) is 10.0. The number of carbonyl (C=O) groups is 1. The van der Waals surface area contributed by atoms with E-state index >= 15 is 0 Å². The molecule has 110 valence electrons. The normalized spacial score (nSPS) is 20.3. The van der Waals surface area contributed by atoms with Gasteiger partial charge in [0.15, 0.2) is 11.6 Å². The van der Waals surface area contributed by atoms with Crippen molar-refractivity contribution in [3.8, 4) is 0 Å². The quantitative estimate of drug-likeness (QED) is 0.779. The molecule has 3 N–H and O–H groups in total. The van der Waals surface area contributed by atoms with Crippen molar-refractivity contribution in [1.82, 2.24) is 20.5 Å². The van der Waals surface area contributed by atoms with Gasteiger partial charge in [-0.1, -0.05) is 6.07 Å². The van der Waals surface area contributed by atoms with Gasteiger partial charge in [0.05, 0.1) is 6.54 Å². The molecular weight excluding hydrogens is 282 g/mol. The number of nitrogens with zero attached hydrogens (tertiary/aromatic N) is 1. The van der Waals surface area contributed by atoms with Gasteiger partial charge in [0.1, 0.15) is 5.82 Å². The Balaban J connectivity index is 1.58. The van der Waals surface area contributed by atoms with Crippen LogP contribution in [0, 0.1) is 17.6 Å². The van der Waals surface area contributed by atoms with Crippen molar-refractivity contribution < 1.29 is 13.6 Å². The lowest BCUT2D eigenvalue weighted by atomic mass is 10.1. The highest BCUT2D eigenvalue weighted by Gasteiger charge is 2.44. The van der Waals surface area contributed by atoms with E-state index in [0.717, 1.165) is 12.1 Å². The molecule has 0 spiro atoms. The molecule has 1 saturated carbocycles. The van der Waals surface area contributed by atoms with Gasteiger partial charge in [0, 0.05) is 5.92 Å². The maximum atomic E-state index is 13.1. The van der Waals surface area contributed by atoms with Crippen molar-refractivity contribution in [3.63, 3.8) is 0 Å². The van der Waals surface area contributed by atoms with Gasteiger partial charge in [-0.05, 0) is 30.0 Å². The SMILES string of the molecule is O=C(NCc1n[nH]c(=O)[nH]1)[C@H]1C[C@H]1c1ccc(F)c(F)c1. The number of hydrogen-bond donors (Lipinski definition) is 3. The smallest absolute Gasteiger partial charge is 0.340 e. The Morgan fingerprint density at radius 3 is 2.86 bits per heavy atom. The summed E-state index contributed by atoms with van der Waals surface area (Å²) in [4.78, 5) is 25.2. The van der Waals surface area contributed by atoms with Gasteiger partial charge in [-0.3, -0.25) is 9.78 Å². The fourth-order valence-corrected chi connectivity index (χ4v) is 2.29. The molecule has 0 unspecified atom stereocenters. The highest BCUT2D eigenvalue weighted by atomic mass is 19.2. The Kier molecular flexibility index (Phi) is 3.28. The summed E-state index contributed by atoms with van der Waals surface area (Å²) in [6.07, 6.45) is 0.591. The lowest BCUT2D eigenvalue weighted by Gasteiger charge is -2.03. The molecule has 1 aromatic heterocycles. The topological polar surface area (TPSA) is 90.6 Å². The molecule has 6 nitrogen and oxygen atoms in total. The number of amides is 1. The summed E-state index contributed by atoms with van der Waals surface area (Å²) in [6.45, 7) is 0.110. The Labute approximate surface area is 117 Å². The predicted octanol–water partition coefficient (Wildman–Crippen LogP) is 0.796. The minimum absolute atomic E-state index is 0.0988. The standard InChI is InChI=1S/C13H12F2N4O2/c14-9-2-1-6(3-10(9)15)7-4-8(7)12(20)16-5-11-17-13(21)19-18-11/h1-3,7-8H,4-5H2,(H,16,20)(H2,17,18,19,21)/t7-,8-/m0/s1. The van der Waals surface area contributed by atoms with Crippen molar-refractivity contribution >= 4 is 5.91 Å². The zero-order valence-electron chi connectivity index (χ0n) is 10.8. The van der Waals surface area contributed by atoms with E-state index in [0.29, 0.717) is 17.8 Å². The van der Waals surface area contributed by atoms with Crippen LogP contribution in [0.3, 0.4) is 0 Å². The van der Waals surface area contributed by atoms with E-state index in [-0.39, 0.29) is 24.3 Å². The van der Waals surface area contributed by atoms with Gasteiger partial charge >= 0.3 is 5.69 Å². The largest absolute Gasteiger partial charge is 0.349 e. The molecule has 0 aliphatic heterocycles. The molecule has 1 aliphatic rings. The summed E-state index contributed by atoms with van der Waals surface area (Å²) in [5.41, 5.74) is 0.174. The number of carbonyl (C=O) groups excluding carboxylic acids is 1. The van der Waals surface area contributed by atoms with Crippen LogP contribution in [0.25, 0.3) is 0 Å². The van der Waals surface area contributed by atoms with E-state index in [1.807, 2.05) is 0 Å². The Bertz CT molecular complexity index is 740. The number of aromatic amines is 2. The number of benzene rings is 1. The fraction of sp³-hybridized carbons (Fsp3) is 0.308. The average molecular weight is 294 g/mol. The maximum Gasteiger partial charge on any atom is 0.340 e. The van der Waals surface area contributed by atoms with E-state index in [1.54, 1.807) is 0 Å². The highest BCUT2D eigenvalue weighted by molar-refractivity contribution is 5.82. The molecule has 1 fully saturated rings. The van der Waals surface area contributed by atoms with E-state index in [2.05, 4.69) is 20.5 Å². The number of hydrogen-bond acceptors (Lipinski definition) is 3. The number of aromatic nitrogens is 3. The summed E-state index contributed by atoms with van der Waals surface area (Å²) in [5, 5.41) is 8.50. The van der Waals surface area contributed by atoms with Crippen LogP contribution in [-0.4, -0.2) is 21.1 Å². The Hall–Kier alpha value is -2.51. The van der Waals surface area contributed by atoms with Crippen LogP contribution in [0.5, 0.6) is 0 Å². The van der Waals surface area contributed by atoms with Gasteiger partial charge in [0.2, 0.25) is 5.91 Å². The van der Waals surface area contributed by atoms with Gasteiger partial charge in [0.25, 0.3) is 0 Å². The number of rotatable bonds is 4. The third kappa shape index (κ3) is 2.83. The molecule has 8 heteroatoms. The van der Waals surface area contributed by atoms with Crippen molar-refractivity contribution in [3.05, 3.63) is 51.7 Å². The molecule has 2 atom stereocenters. The van der Waals surface area contributed by atoms with Crippen molar-refractivity contribution in [2.24, 2.45) is 5.92 Å². The Morgan fingerprint density at radius 1 is 1.38 bits per heavy atom. The summed E-state index contributed by atoms with van der Waals surface area (Å²) < 4.78 is 26.0. The van der Waals surface area contributed by atoms with Crippen molar-refractivity contribution in [2.45, 2.75) is 18.9 Å². The second-order valence-corrected chi connectivity index (χ2v) is 4.96. The summed E-state index contributed by atoms with van der Waals surface area (Å²) in [7, 11) is 0. The molecule has 1 aliphatic carbocycles. The molecule has 2 aromatic rings. The van der Waals surface area contributed by atoms with E-state index in [4.69, 9.17) is 0 Å².